The van der Waals surface area contributed by atoms with Gasteiger partial charge in [0.2, 0.25) is 0 Å². The SMILES string of the molecule is CCOC(=O)/C=C/c1ccc(OC2C[C@H]3CC[C@@H](C2)N3C(=O)NCc2ccc(Cl)cc2Cl)c(F)c1. The van der Waals surface area contributed by atoms with Gasteiger partial charge in [0.25, 0.3) is 0 Å². The Balaban J connectivity index is 1.33. The van der Waals surface area contributed by atoms with Gasteiger partial charge in [0.15, 0.2) is 11.6 Å². The number of carbonyl (C=O) groups excluding carboxylic acids is 2. The van der Waals surface area contributed by atoms with Crippen molar-refractivity contribution in [2.24, 2.45) is 0 Å². The maximum Gasteiger partial charge on any atom is 0.330 e. The highest BCUT2D eigenvalue weighted by atomic mass is 35.5. The number of rotatable bonds is 7. The normalized spacial score (nSPS) is 21.3. The van der Waals surface area contributed by atoms with Crippen LogP contribution < -0.4 is 10.1 Å². The highest BCUT2D eigenvalue weighted by molar-refractivity contribution is 6.35. The van der Waals surface area contributed by atoms with Gasteiger partial charge in [0.1, 0.15) is 6.10 Å². The summed E-state index contributed by atoms with van der Waals surface area (Å²) in [4.78, 5) is 26.3. The molecular weight excluding hydrogens is 494 g/mol. The Kier molecular flexibility index (Phi) is 8.19. The van der Waals surface area contributed by atoms with Crippen LogP contribution in [0.5, 0.6) is 5.75 Å². The minimum absolute atomic E-state index is 0.0364. The predicted octanol–water partition coefficient (Wildman–Crippen LogP) is 5.99. The average molecular weight is 521 g/mol. The lowest BCUT2D eigenvalue weighted by molar-refractivity contribution is -0.137. The fraction of sp³-hybridized carbons (Fsp3) is 0.385. The van der Waals surface area contributed by atoms with Gasteiger partial charge in [0, 0.05) is 47.6 Å². The summed E-state index contributed by atoms with van der Waals surface area (Å²) < 4.78 is 25.5. The second-order valence-electron chi connectivity index (χ2n) is 8.67. The largest absolute Gasteiger partial charge is 0.487 e. The van der Waals surface area contributed by atoms with Crippen LogP contribution >= 0.6 is 23.2 Å². The Hall–Kier alpha value is -2.77. The van der Waals surface area contributed by atoms with E-state index in [-0.39, 0.29) is 36.6 Å². The lowest BCUT2D eigenvalue weighted by atomic mass is 10.00. The van der Waals surface area contributed by atoms with Crippen LogP contribution in [-0.4, -0.2) is 41.7 Å². The summed E-state index contributed by atoms with van der Waals surface area (Å²) in [7, 11) is 0. The third kappa shape index (κ3) is 6.27. The summed E-state index contributed by atoms with van der Waals surface area (Å²) in [6.45, 7) is 2.31. The Labute approximate surface area is 214 Å². The third-order valence-corrected chi connectivity index (χ3v) is 6.90. The number of nitrogens with zero attached hydrogens (tertiary/aromatic N) is 1. The third-order valence-electron chi connectivity index (χ3n) is 6.32. The van der Waals surface area contributed by atoms with Crippen molar-refractivity contribution in [3.63, 3.8) is 0 Å². The molecule has 4 rings (SSSR count). The van der Waals surface area contributed by atoms with Crippen molar-refractivity contribution < 1.29 is 23.5 Å². The molecule has 35 heavy (non-hydrogen) atoms. The van der Waals surface area contributed by atoms with Gasteiger partial charge in [-0.2, -0.15) is 0 Å². The zero-order valence-corrected chi connectivity index (χ0v) is 20.8. The number of hydrogen-bond acceptors (Lipinski definition) is 4. The molecule has 2 bridgehead atoms. The number of halogens is 3. The Bertz CT molecular complexity index is 1110. The monoisotopic (exact) mass is 520 g/mol. The van der Waals surface area contributed by atoms with E-state index in [1.807, 2.05) is 4.90 Å². The number of hydrogen-bond donors (Lipinski definition) is 1. The standard InChI is InChI=1S/C26H27Cl2FN2O4/c1-2-34-25(32)10-4-16-3-9-24(23(29)11-16)35-21-13-19-7-8-20(14-21)31(19)26(33)30-15-17-5-6-18(27)12-22(17)28/h3-6,9-12,19-21H,2,7-8,13-15H2,1H3,(H,30,33)/b10-4+/t19-,20+,21?. The molecule has 6 nitrogen and oxygen atoms in total. The summed E-state index contributed by atoms with van der Waals surface area (Å²) in [6, 6.07) is 9.71. The number of fused-ring (bicyclic) bond motifs is 2. The lowest BCUT2D eigenvalue weighted by Crippen LogP contribution is -2.52. The summed E-state index contributed by atoms with van der Waals surface area (Å²) in [5.74, 6) is -0.808. The van der Waals surface area contributed by atoms with Crippen LogP contribution in [0, 0.1) is 5.82 Å². The molecule has 0 radical (unpaired) electrons. The van der Waals surface area contributed by atoms with Crippen LogP contribution in [-0.2, 0) is 16.1 Å². The van der Waals surface area contributed by atoms with Crippen molar-refractivity contribution in [2.75, 3.05) is 6.61 Å². The number of piperidine rings is 1. The Morgan fingerprint density at radius 2 is 1.89 bits per heavy atom. The number of esters is 1. The maximum atomic E-state index is 14.6. The average Bonchev–Trinajstić information content (AvgIpc) is 3.09. The molecule has 2 amide bonds. The van der Waals surface area contributed by atoms with Gasteiger partial charge in [-0.15, -0.1) is 0 Å². The second kappa shape index (κ2) is 11.3. The van der Waals surface area contributed by atoms with Crippen molar-refractivity contribution in [3.8, 4) is 5.75 Å². The first kappa shape index (κ1) is 25.3. The van der Waals surface area contributed by atoms with Crippen molar-refractivity contribution in [1.29, 1.82) is 0 Å². The zero-order chi connectivity index (χ0) is 24.9. The van der Waals surface area contributed by atoms with Crippen LogP contribution in [0.4, 0.5) is 9.18 Å². The van der Waals surface area contributed by atoms with Crippen molar-refractivity contribution >= 4 is 41.3 Å². The van der Waals surface area contributed by atoms with Crippen molar-refractivity contribution in [3.05, 3.63) is 69.5 Å². The van der Waals surface area contributed by atoms with Crippen LogP contribution in [0.2, 0.25) is 10.0 Å². The molecular formula is C26H27Cl2FN2O4. The topological polar surface area (TPSA) is 67.9 Å². The molecule has 0 aromatic heterocycles. The second-order valence-corrected chi connectivity index (χ2v) is 9.52. The molecule has 2 saturated heterocycles. The van der Waals surface area contributed by atoms with E-state index in [1.54, 1.807) is 37.3 Å². The summed E-state index contributed by atoms with van der Waals surface area (Å²) >= 11 is 12.1. The molecule has 2 heterocycles. The maximum absolute atomic E-state index is 14.6. The van der Waals surface area contributed by atoms with E-state index in [0.29, 0.717) is 35.0 Å². The zero-order valence-electron chi connectivity index (χ0n) is 19.3. The minimum Gasteiger partial charge on any atom is -0.487 e. The van der Waals surface area contributed by atoms with E-state index < -0.39 is 11.8 Å². The number of ether oxygens (including phenoxy) is 2. The van der Waals surface area contributed by atoms with E-state index in [9.17, 15) is 14.0 Å². The fourth-order valence-corrected chi connectivity index (χ4v) is 5.21. The molecule has 1 unspecified atom stereocenters. The van der Waals surface area contributed by atoms with Gasteiger partial charge in [0.05, 0.1) is 6.61 Å². The number of urea groups is 1. The summed E-state index contributed by atoms with van der Waals surface area (Å²) in [5, 5.41) is 4.01. The number of benzene rings is 2. The predicted molar refractivity (Wildman–Crippen MR) is 133 cm³/mol. The molecule has 2 aliphatic rings. The molecule has 186 valence electrons. The Morgan fingerprint density at radius 3 is 2.54 bits per heavy atom. The van der Waals surface area contributed by atoms with Crippen molar-refractivity contribution in [1.82, 2.24) is 10.2 Å². The van der Waals surface area contributed by atoms with Crippen molar-refractivity contribution in [2.45, 2.75) is 57.3 Å². The van der Waals surface area contributed by atoms with Crippen LogP contribution in [0.3, 0.4) is 0 Å². The first-order chi connectivity index (χ1) is 16.8. The van der Waals surface area contributed by atoms with E-state index in [2.05, 4.69) is 5.32 Å². The van der Waals surface area contributed by atoms with E-state index >= 15 is 0 Å². The smallest absolute Gasteiger partial charge is 0.330 e. The molecule has 0 spiro atoms. The lowest BCUT2D eigenvalue weighted by Gasteiger charge is -2.38. The molecule has 3 atom stereocenters. The first-order valence-corrected chi connectivity index (χ1v) is 12.4. The molecule has 9 heteroatoms. The van der Waals surface area contributed by atoms with Gasteiger partial charge < -0.3 is 19.7 Å². The first-order valence-electron chi connectivity index (χ1n) is 11.6. The fourth-order valence-electron chi connectivity index (χ4n) is 4.73. The van der Waals surface area contributed by atoms with Crippen LogP contribution in [0.25, 0.3) is 6.08 Å². The molecule has 0 saturated carbocycles. The molecule has 0 aliphatic carbocycles. The van der Waals surface area contributed by atoms with Gasteiger partial charge >= 0.3 is 12.0 Å². The summed E-state index contributed by atoms with van der Waals surface area (Å²) in [5.41, 5.74) is 1.33. The quantitative estimate of drug-likeness (QED) is 0.359. The minimum atomic E-state index is -0.497. The number of amides is 2. The number of nitrogens with one attached hydrogen (secondary N) is 1. The summed E-state index contributed by atoms with van der Waals surface area (Å²) in [6.07, 6.45) is 5.62. The van der Waals surface area contributed by atoms with Gasteiger partial charge in [-0.25, -0.2) is 14.0 Å². The molecule has 2 fully saturated rings. The molecule has 2 aliphatic heterocycles. The van der Waals surface area contributed by atoms with Crippen LogP contribution in [0.15, 0.2) is 42.5 Å². The molecule has 1 N–H and O–H groups in total. The van der Waals surface area contributed by atoms with Gasteiger partial charge in [-0.1, -0.05) is 35.3 Å². The number of carbonyl (C=O) groups is 2. The van der Waals surface area contributed by atoms with E-state index in [4.69, 9.17) is 32.7 Å². The van der Waals surface area contributed by atoms with E-state index in [0.717, 1.165) is 18.4 Å². The van der Waals surface area contributed by atoms with E-state index in [1.165, 1.54) is 18.2 Å². The highest BCUT2D eigenvalue weighted by Gasteiger charge is 2.44. The van der Waals surface area contributed by atoms with Gasteiger partial charge in [-0.05, 0) is 61.2 Å². The van der Waals surface area contributed by atoms with Gasteiger partial charge in [-0.3, -0.25) is 0 Å². The molecule has 2 aromatic carbocycles. The highest BCUT2D eigenvalue weighted by Crippen LogP contribution is 2.38. The Morgan fingerprint density at radius 1 is 1.14 bits per heavy atom. The van der Waals surface area contributed by atoms with Crippen LogP contribution in [0.1, 0.15) is 43.7 Å². The molecule has 2 aromatic rings.